The molecule has 1 aliphatic rings. The number of carbonyl (C=O) groups is 1. The van der Waals surface area contributed by atoms with Crippen molar-refractivity contribution in [1.29, 1.82) is 0 Å². The van der Waals surface area contributed by atoms with E-state index in [0.717, 1.165) is 17.7 Å². The lowest BCUT2D eigenvalue weighted by Crippen LogP contribution is -2.38. The third kappa shape index (κ3) is 2.31. The molecule has 1 aromatic heterocycles. The lowest BCUT2D eigenvalue weighted by atomic mass is 10.1. The number of rotatable bonds is 1. The number of nitrogens with zero attached hydrogens (tertiary/aromatic N) is 1. The number of amides is 1. The number of halogens is 1. The van der Waals surface area contributed by atoms with Gasteiger partial charge in [0.25, 0.3) is 5.91 Å². The van der Waals surface area contributed by atoms with Gasteiger partial charge < -0.3 is 9.32 Å². The van der Waals surface area contributed by atoms with E-state index in [1.807, 2.05) is 31.2 Å². The van der Waals surface area contributed by atoms with Crippen LogP contribution in [0.25, 0.3) is 11.0 Å². The average Bonchev–Trinajstić information content (AvgIpc) is 2.89. The molecule has 0 N–H and O–H groups in total. The summed E-state index contributed by atoms with van der Waals surface area (Å²) in [6.07, 6.45) is 0.770. The quantitative estimate of drug-likeness (QED) is 0.629. The number of anilines is 1. The van der Waals surface area contributed by atoms with Crippen LogP contribution in [0.3, 0.4) is 0 Å². The maximum absolute atomic E-state index is 13.0. The lowest BCUT2D eigenvalue weighted by Gasteiger charge is -2.22. The average molecular weight is 340 g/mol. The van der Waals surface area contributed by atoms with Gasteiger partial charge in [0.15, 0.2) is 0 Å². The molecule has 2 heterocycles. The highest BCUT2D eigenvalue weighted by Gasteiger charge is 2.32. The molecule has 0 aliphatic carbocycles. The Morgan fingerprint density at radius 1 is 1.21 bits per heavy atom. The Kier molecular flexibility index (Phi) is 3.43. The second-order valence-corrected chi connectivity index (χ2v) is 6.42. The maximum Gasteiger partial charge on any atom is 0.349 e. The molecule has 0 radical (unpaired) electrons. The Bertz CT molecular complexity index is 1020. The third-order valence-corrected chi connectivity index (χ3v) is 4.59. The Balaban J connectivity index is 1.84. The first-order valence-corrected chi connectivity index (χ1v) is 8.07. The molecule has 120 valence electrons. The first-order valence-electron chi connectivity index (χ1n) is 7.69. The molecule has 1 atom stereocenters. The van der Waals surface area contributed by atoms with Gasteiger partial charge in [0.1, 0.15) is 11.1 Å². The second kappa shape index (κ2) is 5.49. The number of carbonyl (C=O) groups excluding carboxylic acids is 1. The van der Waals surface area contributed by atoms with E-state index in [1.165, 1.54) is 0 Å². The van der Waals surface area contributed by atoms with Crippen LogP contribution in [0.4, 0.5) is 5.69 Å². The highest BCUT2D eigenvalue weighted by molar-refractivity contribution is 6.31. The molecule has 24 heavy (non-hydrogen) atoms. The van der Waals surface area contributed by atoms with E-state index < -0.39 is 5.63 Å². The summed E-state index contributed by atoms with van der Waals surface area (Å²) in [6, 6.07) is 14.2. The third-order valence-electron chi connectivity index (χ3n) is 4.35. The molecule has 0 fully saturated rings. The van der Waals surface area contributed by atoms with E-state index in [-0.39, 0.29) is 17.5 Å². The molecule has 2 aromatic carbocycles. The monoisotopic (exact) mass is 339 g/mol. The van der Waals surface area contributed by atoms with Crippen LogP contribution in [-0.2, 0) is 6.42 Å². The molecule has 0 saturated carbocycles. The van der Waals surface area contributed by atoms with Crippen LogP contribution in [-0.4, -0.2) is 11.9 Å². The first kappa shape index (κ1) is 15.0. The number of hydrogen-bond donors (Lipinski definition) is 0. The normalized spacial score (nSPS) is 16.4. The second-order valence-electron chi connectivity index (χ2n) is 5.99. The molecule has 1 amide bonds. The SMILES string of the molecule is C[C@H]1Cc2ccccc2N1C(=O)c1cc2cc(Cl)ccc2oc1=O. The van der Waals surface area contributed by atoms with Gasteiger partial charge in [-0.25, -0.2) is 4.79 Å². The maximum atomic E-state index is 13.0. The Hall–Kier alpha value is -2.59. The summed E-state index contributed by atoms with van der Waals surface area (Å²) in [6.45, 7) is 1.97. The van der Waals surface area contributed by atoms with Crippen molar-refractivity contribution in [2.75, 3.05) is 4.90 Å². The fourth-order valence-corrected chi connectivity index (χ4v) is 3.43. The summed E-state index contributed by atoms with van der Waals surface area (Å²) in [4.78, 5) is 27.0. The van der Waals surface area contributed by atoms with E-state index >= 15 is 0 Å². The van der Waals surface area contributed by atoms with Gasteiger partial charge in [0, 0.05) is 22.1 Å². The van der Waals surface area contributed by atoms with Crippen molar-refractivity contribution in [1.82, 2.24) is 0 Å². The molecule has 0 bridgehead atoms. The minimum absolute atomic E-state index is 0.00985. The van der Waals surface area contributed by atoms with Crippen LogP contribution in [0.2, 0.25) is 5.02 Å². The Morgan fingerprint density at radius 3 is 2.83 bits per heavy atom. The van der Waals surface area contributed by atoms with E-state index in [2.05, 4.69) is 0 Å². The fourth-order valence-electron chi connectivity index (χ4n) is 3.25. The van der Waals surface area contributed by atoms with Crippen molar-refractivity contribution in [2.45, 2.75) is 19.4 Å². The summed E-state index contributed by atoms with van der Waals surface area (Å²) in [5.41, 5.74) is 1.75. The molecule has 4 nitrogen and oxygen atoms in total. The molecular formula is C19H14ClNO3. The summed E-state index contributed by atoms with van der Waals surface area (Å²) in [7, 11) is 0. The molecule has 4 rings (SSSR count). The van der Waals surface area contributed by atoms with Gasteiger partial charge in [-0.1, -0.05) is 29.8 Å². The zero-order chi connectivity index (χ0) is 16.8. The predicted molar refractivity (Wildman–Crippen MR) is 93.9 cm³/mol. The highest BCUT2D eigenvalue weighted by atomic mass is 35.5. The minimum Gasteiger partial charge on any atom is -0.422 e. The molecule has 0 unspecified atom stereocenters. The van der Waals surface area contributed by atoms with Crippen LogP contribution < -0.4 is 10.5 Å². The molecule has 1 aliphatic heterocycles. The van der Waals surface area contributed by atoms with Gasteiger partial charge in [0.05, 0.1) is 0 Å². The smallest absolute Gasteiger partial charge is 0.349 e. The molecule has 0 saturated heterocycles. The Morgan fingerprint density at radius 2 is 2.00 bits per heavy atom. The summed E-state index contributed by atoms with van der Waals surface area (Å²) in [5, 5.41) is 1.15. The van der Waals surface area contributed by atoms with Gasteiger partial charge in [-0.15, -0.1) is 0 Å². The van der Waals surface area contributed by atoms with Gasteiger partial charge in [0.2, 0.25) is 0 Å². The van der Waals surface area contributed by atoms with Gasteiger partial charge in [-0.05, 0) is 49.2 Å². The lowest BCUT2D eigenvalue weighted by molar-refractivity contribution is 0.0978. The van der Waals surface area contributed by atoms with Crippen LogP contribution in [0.5, 0.6) is 0 Å². The highest BCUT2D eigenvalue weighted by Crippen LogP contribution is 2.33. The summed E-state index contributed by atoms with van der Waals surface area (Å²) in [5.74, 6) is -0.344. The molecule has 5 heteroatoms. The van der Waals surface area contributed by atoms with Gasteiger partial charge in [-0.2, -0.15) is 0 Å². The zero-order valence-electron chi connectivity index (χ0n) is 13.0. The van der Waals surface area contributed by atoms with Crippen LogP contribution >= 0.6 is 11.6 Å². The van der Waals surface area contributed by atoms with Crippen molar-refractivity contribution >= 4 is 34.2 Å². The molecular weight excluding hydrogens is 326 g/mol. The zero-order valence-corrected chi connectivity index (χ0v) is 13.7. The number of fused-ring (bicyclic) bond motifs is 2. The van der Waals surface area contributed by atoms with E-state index in [4.69, 9.17) is 16.0 Å². The number of para-hydroxylation sites is 1. The van der Waals surface area contributed by atoms with Crippen molar-refractivity contribution < 1.29 is 9.21 Å². The van der Waals surface area contributed by atoms with E-state index in [0.29, 0.717) is 16.0 Å². The van der Waals surface area contributed by atoms with Crippen LogP contribution in [0.15, 0.2) is 57.7 Å². The Labute approximate surface area is 143 Å². The van der Waals surface area contributed by atoms with Gasteiger partial charge >= 0.3 is 5.63 Å². The molecule has 0 spiro atoms. The number of hydrogen-bond acceptors (Lipinski definition) is 3. The van der Waals surface area contributed by atoms with Gasteiger partial charge in [-0.3, -0.25) is 4.79 Å². The van der Waals surface area contributed by atoms with E-state index in [1.54, 1.807) is 29.2 Å². The predicted octanol–water partition coefficient (Wildman–Crippen LogP) is 4.04. The number of benzene rings is 2. The van der Waals surface area contributed by atoms with Crippen molar-refractivity contribution in [3.05, 3.63) is 75.1 Å². The topological polar surface area (TPSA) is 50.5 Å². The minimum atomic E-state index is -0.633. The van der Waals surface area contributed by atoms with Crippen LogP contribution in [0.1, 0.15) is 22.8 Å². The largest absolute Gasteiger partial charge is 0.422 e. The van der Waals surface area contributed by atoms with E-state index in [9.17, 15) is 9.59 Å². The standard InChI is InChI=1S/C19H14ClNO3/c1-11-8-12-4-2-3-5-16(12)21(11)18(22)15-10-13-9-14(20)6-7-17(13)24-19(15)23/h2-7,9-11H,8H2,1H3/t11-/m0/s1. The van der Waals surface area contributed by atoms with Crippen molar-refractivity contribution in [3.8, 4) is 0 Å². The van der Waals surface area contributed by atoms with Crippen molar-refractivity contribution in [3.63, 3.8) is 0 Å². The molecule has 3 aromatic rings. The summed E-state index contributed by atoms with van der Waals surface area (Å²) < 4.78 is 5.29. The fraction of sp³-hybridized carbons (Fsp3) is 0.158. The van der Waals surface area contributed by atoms with Crippen LogP contribution in [0, 0.1) is 0 Å². The van der Waals surface area contributed by atoms with Crippen molar-refractivity contribution in [2.24, 2.45) is 0 Å². The summed E-state index contributed by atoms with van der Waals surface area (Å²) >= 11 is 5.99. The first-order chi connectivity index (χ1) is 11.5.